The Kier molecular flexibility index (Phi) is 7.23. The van der Waals surface area contributed by atoms with Crippen LogP contribution < -0.4 is 0 Å². The maximum atomic E-state index is 13.7. The van der Waals surface area contributed by atoms with Crippen LogP contribution >= 0.6 is 0 Å². The molecule has 0 unspecified atom stereocenters. The molecule has 1 aliphatic carbocycles. The Labute approximate surface area is 214 Å². The summed E-state index contributed by atoms with van der Waals surface area (Å²) in [7, 11) is 0. The number of ketones is 2. The number of Topliss-reactive ketones (excluding diaryl/α,β-unsaturated/α-hetero) is 2. The van der Waals surface area contributed by atoms with E-state index in [0.29, 0.717) is 6.42 Å². The topological polar surface area (TPSA) is 34.1 Å². The minimum atomic E-state index is -0.117. The third-order valence-electron chi connectivity index (χ3n) is 7.70. The highest BCUT2D eigenvalue weighted by Gasteiger charge is 2.37. The quantitative estimate of drug-likeness (QED) is 0.253. The van der Waals surface area contributed by atoms with E-state index >= 15 is 0 Å². The molecule has 0 aromatic heterocycles. The van der Waals surface area contributed by atoms with Crippen LogP contribution in [0, 0.1) is 17.8 Å². The van der Waals surface area contributed by atoms with Crippen molar-refractivity contribution in [3.8, 4) is 22.3 Å². The van der Waals surface area contributed by atoms with Gasteiger partial charge in [0, 0.05) is 23.5 Å². The highest BCUT2D eigenvalue weighted by Crippen LogP contribution is 2.39. The molecule has 1 aliphatic rings. The number of carbonyl (C=O) groups is 2. The van der Waals surface area contributed by atoms with Gasteiger partial charge in [0.05, 0.1) is 0 Å². The minimum absolute atomic E-state index is 0.0800. The van der Waals surface area contributed by atoms with E-state index in [-0.39, 0.29) is 29.3 Å². The second-order valence-corrected chi connectivity index (χ2v) is 10.1. The summed E-state index contributed by atoms with van der Waals surface area (Å²) in [5.74, 6) is 0.550. The van der Waals surface area contributed by atoms with E-state index in [9.17, 15) is 9.59 Å². The van der Waals surface area contributed by atoms with Gasteiger partial charge in [0.15, 0.2) is 11.6 Å². The lowest BCUT2D eigenvalue weighted by atomic mass is 9.68. The fraction of sp³-hybridized carbons (Fsp3) is 0.235. The predicted molar refractivity (Wildman–Crippen MR) is 147 cm³/mol. The Balaban J connectivity index is 1.31. The maximum absolute atomic E-state index is 13.7. The van der Waals surface area contributed by atoms with Crippen LogP contribution in [0.4, 0.5) is 0 Å². The summed E-state index contributed by atoms with van der Waals surface area (Å²) in [6, 6.07) is 36.2. The molecule has 2 nitrogen and oxygen atoms in total. The van der Waals surface area contributed by atoms with Gasteiger partial charge in [-0.1, -0.05) is 123 Å². The van der Waals surface area contributed by atoms with Crippen LogP contribution in [-0.2, 0) is 0 Å². The van der Waals surface area contributed by atoms with Gasteiger partial charge in [0.25, 0.3) is 0 Å². The third-order valence-corrected chi connectivity index (χ3v) is 7.70. The molecule has 1 fully saturated rings. The Morgan fingerprint density at radius 2 is 1.08 bits per heavy atom. The molecule has 0 heterocycles. The van der Waals surface area contributed by atoms with Crippen molar-refractivity contribution in [3.63, 3.8) is 0 Å². The maximum Gasteiger partial charge on any atom is 0.166 e. The molecular weight excluding hydrogens is 440 g/mol. The first kappa shape index (κ1) is 23.9. The van der Waals surface area contributed by atoms with Gasteiger partial charge in [-0.2, -0.15) is 0 Å². The van der Waals surface area contributed by atoms with Gasteiger partial charge in [0.1, 0.15) is 0 Å². The lowest BCUT2D eigenvalue weighted by molar-refractivity contribution is 0.0697. The molecule has 0 bridgehead atoms. The van der Waals surface area contributed by atoms with E-state index in [1.54, 1.807) is 0 Å². The van der Waals surface area contributed by atoms with Crippen LogP contribution in [0.2, 0.25) is 0 Å². The van der Waals surface area contributed by atoms with Crippen LogP contribution in [0.5, 0.6) is 0 Å². The standard InChI is InChI=1S/C34H32O2/c1-24-9-8-14-31(23-32(35)29-19-15-27(16-20-29)25-10-4-2-5-11-25)33(24)34(36)30-21-17-28(18-22-30)26-12-6-3-7-13-26/h2-7,10-13,15-22,24,31,33H,8-9,14,23H2,1H3/t24-,31-,33+/m1/s1. The van der Waals surface area contributed by atoms with Gasteiger partial charge < -0.3 is 0 Å². The summed E-state index contributed by atoms with van der Waals surface area (Å²) < 4.78 is 0. The van der Waals surface area contributed by atoms with Gasteiger partial charge in [-0.3, -0.25) is 9.59 Å². The summed E-state index contributed by atoms with van der Waals surface area (Å²) in [6.07, 6.45) is 3.46. The Morgan fingerprint density at radius 1 is 0.611 bits per heavy atom. The van der Waals surface area contributed by atoms with Crippen molar-refractivity contribution in [1.29, 1.82) is 0 Å². The summed E-state index contributed by atoms with van der Waals surface area (Å²) in [4.78, 5) is 26.9. The molecule has 0 amide bonds. The average molecular weight is 473 g/mol. The van der Waals surface area contributed by atoms with Gasteiger partial charge in [-0.15, -0.1) is 0 Å². The molecule has 0 N–H and O–H groups in total. The van der Waals surface area contributed by atoms with Crippen molar-refractivity contribution in [1.82, 2.24) is 0 Å². The lowest BCUT2D eigenvalue weighted by Gasteiger charge is -2.35. The molecule has 5 rings (SSSR count). The first-order valence-electron chi connectivity index (χ1n) is 13.0. The summed E-state index contributed by atoms with van der Waals surface area (Å²) in [6.45, 7) is 2.17. The molecule has 0 radical (unpaired) electrons. The average Bonchev–Trinajstić information content (AvgIpc) is 2.94. The Hall–Kier alpha value is -3.78. The molecule has 0 saturated heterocycles. The monoisotopic (exact) mass is 472 g/mol. The van der Waals surface area contributed by atoms with E-state index in [1.807, 2.05) is 84.9 Å². The number of hydrogen-bond donors (Lipinski definition) is 0. The zero-order valence-corrected chi connectivity index (χ0v) is 20.8. The van der Waals surface area contributed by atoms with Crippen molar-refractivity contribution in [2.24, 2.45) is 17.8 Å². The molecule has 36 heavy (non-hydrogen) atoms. The molecule has 4 aromatic rings. The number of hydrogen-bond acceptors (Lipinski definition) is 2. The largest absolute Gasteiger partial charge is 0.294 e. The number of benzene rings is 4. The summed E-state index contributed by atoms with van der Waals surface area (Å²) >= 11 is 0. The first-order valence-corrected chi connectivity index (χ1v) is 13.0. The zero-order valence-electron chi connectivity index (χ0n) is 20.8. The fourth-order valence-electron chi connectivity index (χ4n) is 5.71. The van der Waals surface area contributed by atoms with E-state index in [4.69, 9.17) is 0 Å². The van der Waals surface area contributed by atoms with Gasteiger partial charge in [-0.05, 0) is 46.9 Å². The van der Waals surface area contributed by atoms with Crippen LogP contribution in [0.3, 0.4) is 0 Å². The predicted octanol–water partition coefficient (Wildman–Crippen LogP) is 8.53. The highest BCUT2D eigenvalue weighted by atomic mass is 16.1. The molecule has 0 aliphatic heterocycles. The van der Waals surface area contributed by atoms with E-state index in [1.165, 1.54) is 0 Å². The van der Waals surface area contributed by atoms with Crippen LogP contribution in [0.1, 0.15) is 53.3 Å². The van der Waals surface area contributed by atoms with E-state index < -0.39 is 0 Å². The molecule has 2 heteroatoms. The van der Waals surface area contributed by atoms with Crippen molar-refractivity contribution in [2.75, 3.05) is 0 Å². The van der Waals surface area contributed by atoms with Gasteiger partial charge in [0.2, 0.25) is 0 Å². The summed E-state index contributed by atoms with van der Waals surface area (Å²) in [5, 5.41) is 0. The Morgan fingerprint density at radius 3 is 1.61 bits per heavy atom. The zero-order chi connectivity index (χ0) is 24.9. The normalized spacial score (nSPS) is 19.5. The van der Waals surface area contributed by atoms with E-state index in [2.05, 4.69) is 31.2 Å². The second-order valence-electron chi connectivity index (χ2n) is 10.1. The van der Waals surface area contributed by atoms with Crippen molar-refractivity contribution in [3.05, 3.63) is 120 Å². The smallest absolute Gasteiger partial charge is 0.166 e. The summed E-state index contributed by atoms with van der Waals surface area (Å²) in [5.41, 5.74) is 5.97. The number of carbonyl (C=O) groups excluding carboxylic acids is 2. The van der Waals surface area contributed by atoms with Crippen LogP contribution in [0.15, 0.2) is 109 Å². The molecule has 180 valence electrons. The fourth-order valence-corrected chi connectivity index (χ4v) is 5.71. The van der Waals surface area contributed by atoms with Gasteiger partial charge >= 0.3 is 0 Å². The number of rotatable bonds is 7. The molecule has 3 atom stereocenters. The minimum Gasteiger partial charge on any atom is -0.294 e. The third kappa shape index (κ3) is 5.23. The first-order chi connectivity index (χ1) is 17.6. The van der Waals surface area contributed by atoms with Gasteiger partial charge in [-0.25, -0.2) is 0 Å². The molecular formula is C34H32O2. The second kappa shape index (κ2) is 10.9. The van der Waals surface area contributed by atoms with Crippen molar-refractivity contribution < 1.29 is 9.59 Å². The van der Waals surface area contributed by atoms with E-state index in [0.717, 1.165) is 52.6 Å². The molecule has 1 saturated carbocycles. The van der Waals surface area contributed by atoms with Crippen molar-refractivity contribution in [2.45, 2.75) is 32.6 Å². The highest BCUT2D eigenvalue weighted by molar-refractivity contribution is 6.00. The Bertz CT molecular complexity index is 1310. The lowest BCUT2D eigenvalue weighted by Crippen LogP contribution is -2.34. The van der Waals surface area contributed by atoms with Crippen LogP contribution in [0.25, 0.3) is 22.3 Å². The SMILES string of the molecule is C[C@@H]1CCC[C@H](CC(=O)c2ccc(-c3ccccc3)cc2)[C@H]1C(=O)c1ccc(-c2ccccc2)cc1. The van der Waals surface area contributed by atoms with Crippen LogP contribution in [-0.4, -0.2) is 11.6 Å². The van der Waals surface area contributed by atoms with Crippen molar-refractivity contribution >= 4 is 11.6 Å². The molecule has 0 spiro atoms. The molecule has 4 aromatic carbocycles.